The zero-order valence-electron chi connectivity index (χ0n) is 26.0. The van der Waals surface area contributed by atoms with Gasteiger partial charge in [-0.2, -0.15) is 0 Å². The average Bonchev–Trinajstić information content (AvgIpc) is 2.88. The minimum absolute atomic E-state index is 1.37. The van der Waals surface area contributed by atoms with Crippen LogP contribution in [0.3, 0.4) is 0 Å². The quantitative estimate of drug-likeness (QED) is 0.0576. The molecule has 2 heteroatoms. The summed E-state index contributed by atoms with van der Waals surface area (Å²) in [6, 6.07) is 0. The number of hydrogen-bond donors (Lipinski definition) is 0. The Labute approximate surface area is 239 Å². The number of unbranched alkanes of at least 4 members (excludes halogenated alkanes) is 22. The number of halogens is 1. The molecule has 0 N–H and O–H groups in total. The van der Waals surface area contributed by atoms with Gasteiger partial charge in [-0.05, 0) is 0 Å². The van der Waals surface area contributed by atoms with Crippen LogP contribution in [0.5, 0.6) is 0 Å². The second-order valence-corrected chi connectivity index (χ2v) is 23.9. The summed E-state index contributed by atoms with van der Waals surface area (Å²) >= 11 is 4.78. The molecule has 0 nitrogen and oxygen atoms in total. The molecule has 0 rings (SSSR count). The van der Waals surface area contributed by atoms with Crippen LogP contribution >= 0.6 is 20.8 Å². The van der Waals surface area contributed by atoms with E-state index in [4.69, 9.17) is 15.5 Å². The van der Waals surface area contributed by atoms with Crippen LogP contribution in [-0.4, -0.2) is 24.6 Å². The Bertz CT molecular complexity index is 391. The molecule has 0 aliphatic rings. The molecule has 0 heterocycles. The molecule has 0 aromatic heterocycles. The van der Waals surface area contributed by atoms with Gasteiger partial charge in [-0.3, -0.25) is 0 Å². The molecule has 0 amide bonds. The Morgan fingerprint density at radius 2 is 0.444 bits per heavy atom. The van der Waals surface area contributed by atoms with Crippen LogP contribution in [0.1, 0.15) is 195 Å². The van der Waals surface area contributed by atoms with Crippen LogP contribution in [0.4, 0.5) is 0 Å². The van der Waals surface area contributed by atoms with E-state index in [0.717, 1.165) is 0 Å². The molecular weight excluding hydrogens is 519 g/mol. The van der Waals surface area contributed by atoms with Gasteiger partial charge in [-0.15, -0.1) is 0 Å². The molecule has 0 aromatic carbocycles. The van der Waals surface area contributed by atoms with Gasteiger partial charge in [0, 0.05) is 0 Å². The zero-order chi connectivity index (χ0) is 26.7. The van der Waals surface area contributed by atoms with Gasteiger partial charge in [0.15, 0.2) is 0 Å². The van der Waals surface area contributed by atoms with Crippen molar-refractivity contribution >= 4 is 20.8 Å². The first-order valence-corrected chi connectivity index (χ1v) is 22.3. The van der Waals surface area contributed by atoms with Crippen LogP contribution in [-0.2, 0) is 0 Å². The topological polar surface area (TPSA) is 0 Å². The monoisotopic (exact) mass is 590 g/mol. The van der Waals surface area contributed by atoms with Crippen molar-refractivity contribution in [2.24, 2.45) is 0 Å². The van der Waals surface area contributed by atoms with Crippen LogP contribution in [0.2, 0.25) is 0 Å². The van der Waals surface area contributed by atoms with E-state index in [2.05, 4.69) is 27.7 Å². The molecule has 0 unspecified atom stereocenters. The third-order valence-electron chi connectivity index (χ3n) is 8.78. The van der Waals surface area contributed by atoms with E-state index < -0.39 is 5.31 Å². The van der Waals surface area contributed by atoms with E-state index in [1.807, 2.05) is 0 Å². The van der Waals surface area contributed by atoms with Gasteiger partial charge in [0.1, 0.15) is 0 Å². The van der Waals surface area contributed by atoms with Crippen LogP contribution in [0.25, 0.3) is 0 Å². The van der Waals surface area contributed by atoms with E-state index in [9.17, 15) is 0 Å². The third-order valence-corrected chi connectivity index (χ3v) is 18.8. The molecule has 0 radical (unpaired) electrons. The first-order valence-electron chi connectivity index (χ1n) is 17.3. The predicted molar refractivity (Wildman–Crippen MR) is 178 cm³/mol. The molecule has 0 saturated heterocycles. The van der Waals surface area contributed by atoms with E-state index in [1.165, 1.54) is 167 Å². The second-order valence-electron chi connectivity index (χ2n) is 12.5. The summed E-state index contributed by atoms with van der Waals surface area (Å²) in [6.45, 7) is 9.36. The van der Waals surface area contributed by atoms with Crippen LogP contribution < -0.4 is 0 Å². The fraction of sp³-hybridized carbons (Fsp3) is 1.00. The van der Waals surface area contributed by atoms with E-state index >= 15 is 0 Å². The summed E-state index contributed by atoms with van der Waals surface area (Å²) in [5.41, 5.74) is 0. The summed E-state index contributed by atoms with van der Waals surface area (Å²) in [7, 11) is 0. The van der Waals surface area contributed by atoms with Crippen LogP contribution in [0.15, 0.2) is 0 Å². The molecule has 0 aliphatic heterocycles. The first kappa shape index (κ1) is 36.9. The Morgan fingerprint density at radius 3 is 0.639 bits per heavy atom. The number of rotatable bonds is 30. The summed E-state index contributed by atoms with van der Waals surface area (Å²) in [6.07, 6.45) is 44.0. The Kier molecular flexibility index (Phi) is 26.8. The average molecular weight is 592 g/mol. The summed E-state index contributed by atoms with van der Waals surface area (Å²) < 4.78 is 0. The SMILES string of the molecule is CCCCCCCCCCP(Br)(CCCCCCCC)(CCCCCCCC)CCCCCCCC. The predicted octanol–water partition coefficient (Wildman–Crippen LogP) is 14.1. The minimum atomic E-state index is -1.77. The van der Waals surface area contributed by atoms with Crippen molar-refractivity contribution in [3.05, 3.63) is 0 Å². The molecule has 0 bridgehead atoms. The van der Waals surface area contributed by atoms with Gasteiger partial charge in [0.2, 0.25) is 0 Å². The second kappa shape index (κ2) is 26.1. The van der Waals surface area contributed by atoms with Gasteiger partial charge in [0.05, 0.1) is 0 Å². The van der Waals surface area contributed by atoms with Crippen LogP contribution in [0, 0.1) is 0 Å². The molecule has 0 fully saturated rings. The van der Waals surface area contributed by atoms with Crippen molar-refractivity contribution in [1.29, 1.82) is 0 Å². The first-order chi connectivity index (χ1) is 17.5. The normalized spacial score (nSPS) is 13.2. The van der Waals surface area contributed by atoms with E-state index in [1.54, 1.807) is 24.6 Å². The molecule has 0 atom stereocenters. The maximum absolute atomic E-state index is 4.78. The maximum atomic E-state index is 4.78. The van der Waals surface area contributed by atoms with Gasteiger partial charge in [-0.1, -0.05) is 0 Å². The van der Waals surface area contributed by atoms with Gasteiger partial charge in [0.25, 0.3) is 0 Å². The Morgan fingerprint density at radius 1 is 0.278 bits per heavy atom. The van der Waals surface area contributed by atoms with Gasteiger partial charge < -0.3 is 0 Å². The summed E-state index contributed by atoms with van der Waals surface area (Å²) in [4.78, 5) is 0. The van der Waals surface area contributed by atoms with Gasteiger partial charge >= 0.3 is 240 Å². The summed E-state index contributed by atoms with van der Waals surface area (Å²) in [5.74, 6) is 0. The Hall–Kier alpha value is 0.910. The van der Waals surface area contributed by atoms with Crippen molar-refractivity contribution in [2.75, 3.05) is 24.6 Å². The fourth-order valence-corrected chi connectivity index (χ4v) is 14.6. The summed E-state index contributed by atoms with van der Waals surface area (Å²) in [5, 5.41) is -1.77. The molecule has 0 spiro atoms. The van der Waals surface area contributed by atoms with Crippen molar-refractivity contribution in [3.63, 3.8) is 0 Å². The van der Waals surface area contributed by atoms with Gasteiger partial charge in [-0.25, -0.2) is 0 Å². The number of hydrogen-bond acceptors (Lipinski definition) is 0. The van der Waals surface area contributed by atoms with E-state index in [-0.39, 0.29) is 0 Å². The Balaban J connectivity index is 4.98. The third kappa shape index (κ3) is 21.8. The van der Waals surface area contributed by atoms with Crippen molar-refractivity contribution in [3.8, 4) is 0 Å². The van der Waals surface area contributed by atoms with Crippen molar-refractivity contribution in [2.45, 2.75) is 195 Å². The molecule has 220 valence electrons. The fourth-order valence-electron chi connectivity index (χ4n) is 6.17. The van der Waals surface area contributed by atoms with E-state index in [0.29, 0.717) is 0 Å². The van der Waals surface area contributed by atoms with Crippen molar-refractivity contribution < 1.29 is 0 Å². The van der Waals surface area contributed by atoms with Crippen molar-refractivity contribution in [1.82, 2.24) is 0 Å². The molecular formula is C34H72BrP. The molecule has 36 heavy (non-hydrogen) atoms. The molecule has 0 saturated carbocycles. The zero-order valence-corrected chi connectivity index (χ0v) is 28.5. The standard InChI is InChI=1S/C34H72BrP/c1-5-9-13-17-21-22-26-30-34-36(35,31-27-23-18-14-10-6-2,32-28-24-19-15-11-7-3)33-29-25-20-16-12-8-4/h5-34H2,1-4H3. The molecule has 0 aliphatic carbocycles. The molecule has 0 aromatic rings.